The SMILES string of the molecule is Oc1c(F)cc(F)cc1-c1ccc(-c2nc3nc(OC4CO[C@@H]5C(O)CO[C@H]45)[nH]c3cc2Cl)cc1. The molecule has 0 saturated carbocycles. The van der Waals surface area contributed by atoms with Gasteiger partial charge in [-0.25, -0.2) is 13.8 Å². The van der Waals surface area contributed by atoms with E-state index in [2.05, 4.69) is 15.0 Å². The molecule has 0 aliphatic carbocycles. The number of rotatable bonds is 4. The number of nitrogens with one attached hydrogen (secondary N) is 1. The average molecular weight is 502 g/mol. The number of phenols is 1. The largest absolute Gasteiger partial charge is 0.504 e. The van der Waals surface area contributed by atoms with Crippen molar-refractivity contribution in [1.29, 1.82) is 0 Å². The van der Waals surface area contributed by atoms with Crippen LogP contribution in [0.15, 0.2) is 42.5 Å². The smallest absolute Gasteiger partial charge is 0.296 e. The summed E-state index contributed by atoms with van der Waals surface area (Å²) in [6.07, 6.45) is -1.90. The Bertz CT molecular complexity index is 1430. The van der Waals surface area contributed by atoms with E-state index in [9.17, 15) is 19.0 Å². The number of ether oxygens (including phenoxy) is 3. The van der Waals surface area contributed by atoms with Crippen molar-refractivity contribution in [2.75, 3.05) is 13.2 Å². The van der Waals surface area contributed by atoms with Gasteiger partial charge >= 0.3 is 0 Å². The molecule has 2 aromatic heterocycles. The zero-order valence-electron chi connectivity index (χ0n) is 17.9. The highest BCUT2D eigenvalue weighted by atomic mass is 35.5. The molecule has 2 unspecified atom stereocenters. The Balaban J connectivity index is 1.27. The summed E-state index contributed by atoms with van der Waals surface area (Å²) >= 11 is 6.47. The van der Waals surface area contributed by atoms with E-state index >= 15 is 0 Å². The van der Waals surface area contributed by atoms with Crippen molar-refractivity contribution in [2.24, 2.45) is 0 Å². The number of aromatic hydroxyl groups is 1. The van der Waals surface area contributed by atoms with Gasteiger partial charge in [-0.15, -0.1) is 0 Å². The molecule has 2 aliphatic heterocycles. The summed E-state index contributed by atoms with van der Waals surface area (Å²) in [5, 5.41) is 20.2. The molecule has 2 aromatic carbocycles. The standard InChI is InChI=1S/C24H18ClF2N3O5/c25-14-7-16-23(30-24(28-16)35-18-9-34-21-17(31)8-33-22(18)21)29-19(14)11-3-1-10(2-4-11)13-5-12(26)6-15(27)20(13)32/h1-7,17-18,21-22,31-32H,8-9H2,(H,28,29,30)/t17?,18?,21-,22-/m1/s1. The maximum absolute atomic E-state index is 13.7. The summed E-state index contributed by atoms with van der Waals surface area (Å²) in [5.74, 6) is -2.45. The molecule has 8 nitrogen and oxygen atoms in total. The molecule has 4 heterocycles. The van der Waals surface area contributed by atoms with Gasteiger partial charge in [-0.2, -0.15) is 4.98 Å². The van der Waals surface area contributed by atoms with Crippen LogP contribution in [-0.2, 0) is 9.47 Å². The molecule has 11 heteroatoms. The maximum atomic E-state index is 13.7. The minimum atomic E-state index is -1.04. The van der Waals surface area contributed by atoms with E-state index < -0.39 is 35.7 Å². The lowest BCUT2D eigenvalue weighted by molar-refractivity contribution is 0.00706. The van der Waals surface area contributed by atoms with Crippen LogP contribution in [0.1, 0.15) is 0 Å². The molecule has 180 valence electrons. The Morgan fingerprint density at radius 2 is 1.74 bits per heavy atom. The van der Waals surface area contributed by atoms with E-state index in [0.29, 0.717) is 39.1 Å². The van der Waals surface area contributed by atoms with Crippen LogP contribution in [0.5, 0.6) is 11.8 Å². The van der Waals surface area contributed by atoms with Crippen molar-refractivity contribution < 1.29 is 33.2 Å². The topological polar surface area (TPSA) is 110 Å². The third kappa shape index (κ3) is 3.88. The van der Waals surface area contributed by atoms with Gasteiger partial charge in [0.1, 0.15) is 24.1 Å². The lowest BCUT2D eigenvalue weighted by Crippen LogP contribution is -2.34. The lowest BCUT2D eigenvalue weighted by atomic mass is 10.0. The van der Waals surface area contributed by atoms with Crippen molar-refractivity contribution >= 4 is 22.8 Å². The summed E-state index contributed by atoms with van der Waals surface area (Å²) < 4.78 is 44.4. The zero-order chi connectivity index (χ0) is 24.3. The second-order valence-corrected chi connectivity index (χ2v) is 8.82. The van der Waals surface area contributed by atoms with E-state index in [4.69, 9.17) is 25.8 Å². The number of pyridine rings is 1. The number of hydrogen-bond acceptors (Lipinski definition) is 7. The molecule has 0 bridgehead atoms. The molecule has 4 aromatic rings. The Hall–Kier alpha value is -3.31. The van der Waals surface area contributed by atoms with Gasteiger partial charge in [0.25, 0.3) is 6.01 Å². The summed E-state index contributed by atoms with van der Waals surface area (Å²) in [6.45, 7) is 0.461. The molecule has 35 heavy (non-hydrogen) atoms. The quantitative estimate of drug-likeness (QED) is 0.390. The fourth-order valence-electron chi connectivity index (χ4n) is 4.44. The Labute approximate surface area is 202 Å². The van der Waals surface area contributed by atoms with Crippen molar-refractivity contribution in [2.45, 2.75) is 24.4 Å². The fraction of sp³-hybridized carbons (Fsp3) is 0.250. The number of nitrogens with zero attached hydrogens (tertiary/aromatic N) is 2. The van der Waals surface area contributed by atoms with Crippen LogP contribution in [0.4, 0.5) is 8.78 Å². The highest BCUT2D eigenvalue weighted by Crippen LogP contribution is 2.35. The molecule has 4 atom stereocenters. The molecule has 2 fully saturated rings. The molecular formula is C24H18ClF2N3O5. The molecule has 0 radical (unpaired) electrons. The van der Waals surface area contributed by atoms with Crippen LogP contribution in [0, 0.1) is 11.6 Å². The third-order valence-electron chi connectivity index (χ3n) is 6.15. The molecule has 0 amide bonds. The van der Waals surface area contributed by atoms with E-state index in [-0.39, 0.29) is 30.9 Å². The van der Waals surface area contributed by atoms with Crippen molar-refractivity contribution in [3.63, 3.8) is 0 Å². The number of halogens is 3. The molecule has 2 aliphatic rings. The first-order valence-corrected chi connectivity index (χ1v) is 11.2. The van der Waals surface area contributed by atoms with Gasteiger partial charge < -0.3 is 29.4 Å². The van der Waals surface area contributed by atoms with Crippen molar-refractivity contribution in [1.82, 2.24) is 15.0 Å². The number of H-pyrrole nitrogens is 1. The number of aliphatic hydroxyl groups excluding tert-OH is 1. The van der Waals surface area contributed by atoms with Gasteiger partial charge in [0.05, 0.1) is 29.4 Å². The second kappa shape index (κ2) is 8.42. The number of hydrogen-bond donors (Lipinski definition) is 3. The first kappa shape index (κ1) is 22.2. The number of imidazole rings is 1. The zero-order valence-corrected chi connectivity index (χ0v) is 18.7. The number of aromatic nitrogens is 3. The van der Waals surface area contributed by atoms with Crippen LogP contribution in [0.3, 0.4) is 0 Å². The monoisotopic (exact) mass is 501 g/mol. The van der Waals surface area contributed by atoms with Gasteiger partial charge in [0, 0.05) is 17.2 Å². The second-order valence-electron chi connectivity index (χ2n) is 8.41. The highest BCUT2D eigenvalue weighted by Gasteiger charge is 2.48. The predicted molar refractivity (Wildman–Crippen MR) is 121 cm³/mol. The van der Waals surface area contributed by atoms with Crippen molar-refractivity contribution in [3.8, 4) is 34.1 Å². The minimum Gasteiger partial charge on any atom is -0.504 e. The molecule has 6 rings (SSSR count). The molecular weight excluding hydrogens is 484 g/mol. The number of phenolic OH excluding ortho intramolecular Hbond substituents is 1. The number of aromatic amines is 1. The van der Waals surface area contributed by atoms with Gasteiger partial charge in [0.15, 0.2) is 23.3 Å². The summed E-state index contributed by atoms with van der Waals surface area (Å²) in [7, 11) is 0. The Morgan fingerprint density at radius 1 is 1.00 bits per heavy atom. The van der Waals surface area contributed by atoms with Crippen molar-refractivity contribution in [3.05, 3.63) is 59.1 Å². The third-order valence-corrected chi connectivity index (χ3v) is 6.44. The van der Waals surface area contributed by atoms with E-state index in [0.717, 1.165) is 6.07 Å². The van der Waals surface area contributed by atoms with Crippen LogP contribution < -0.4 is 4.74 Å². The predicted octanol–water partition coefficient (Wildman–Crippen LogP) is 3.84. The van der Waals surface area contributed by atoms with Crippen LogP contribution in [0.25, 0.3) is 33.5 Å². The van der Waals surface area contributed by atoms with Gasteiger partial charge in [0.2, 0.25) is 0 Å². The molecule has 2 saturated heterocycles. The summed E-state index contributed by atoms with van der Waals surface area (Å²) in [6, 6.07) is 10.2. The van der Waals surface area contributed by atoms with Gasteiger partial charge in [-0.3, -0.25) is 0 Å². The first-order valence-electron chi connectivity index (χ1n) is 10.8. The maximum Gasteiger partial charge on any atom is 0.296 e. The van der Waals surface area contributed by atoms with Crippen LogP contribution in [-0.4, -0.2) is 62.8 Å². The van der Waals surface area contributed by atoms with Gasteiger partial charge in [-0.05, 0) is 17.7 Å². The Kier molecular flexibility index (Phi) is 5.33. The highest BCUT2D eigenvalue weighted by molar-refractivity contribution is 6.33. The van der Waals surface area contributed by atoms with E-state index in [1.807, 2.05) is 0 Å². The lowest BCUT2D eigenvalue weighted by Gasteiger charge is -2.15. The van der Waals surface area contributed by atoms with E-state index in [1.54, 1.807) is 30.3 Å². The summed E-state index contributed by atoms with van der Waals surface area (Å²) in [4.78, 5) is 12.0. The van der Waals surface area contributed by atoms with Crippen LogP contribution in [0.2, 0.25) is 5.02 Å². The number of aliphatic hydroxyl groups is 1. The first-order chi connectivity index (χ1) is 16.9. The fourth-order valence-corrected chi connectivity index (χ4v) is 4.70. The molecule has 0 spiro atoms. The normalized spacial score (nSPS) is 23.7. The van der Waals surface area contributed by atoms with E-state index in [1.165, 1.54) is 0 Å². The minimum absolute atomic E-state index is 0.0366. The number of fused-ring (bicyclic) bond motifs is 2. The van der Waals surface area contributed by atoms with Crippen LogP contribution >= 0.6 is 11.6 Å². The molecule has 3 N–H and O–H groups in total. The average Bonchev–Trinajstić information content (AvgIpc) is 3.52. The van der Waals surface area contributed by atoms with Gasteiger partial charge in [-0.1, -0.05) is 35.9 Å². The number of benzene rings is 2. The Morgan fingerprint density at radius 3 is 2.54 bits per heavy atom. The summed E-state index contributed by atoms with van der Waals surface area (Å²) in [5.41, 5.74) is 2.49.